The van der Waals surface area contributed by atoms with Gasteiger partial charge in [0.25, 0.3) is 0 Å². The largest absolute Gasteiger partial charge is 0.423 e. The Morgan fingerprint density at radius 1 is 1.14 bits per heavy atom. The minimum atomic E-state index is -0.476. The summed E-state index contributed by atoms with van der Waals surface area (Å²) in [6, 6.07) is 16.5. The topological polar surface area (TPSA) is 79.6 Å². The smallest absolute Gasteiger partial charge is 0.336 e. The lowest BCUT2D eigenvalue weighted by atomic mass is 10.0. The number of likely N-dealkylation sites (tertiary alicyclic amines) is 1. The van der Waals surface area contributed by atoms with Gasteiger partial charge in [0, 0.05) is 31.0 Å². The van der Waals surface area contributed by atoms with Gasteiger partial charge in [0.2, 0.25) is 11.8 Å². The first kappa shape index (κ1) is 18.9. The maximum Gasteiger partial charge on any atom is 0.336 e. The zero-order chi connectivity index (χ0) is 20.4. The van der Waals surface area contributed by atoms with E-state index < -0.39 is 5.63 Å². The zero-order valence-electron chi connectivity index (χ0n) is 16.2. The van der Waals surface area contributed by atoms with Crippen LogP contribution >= 0.6 is 0 Å². The Morgan fingerprint density at radius 3 is 2.72 bits per heavy atom. The number of amides is 2. The van der Waals surface area contributed by atoms with Crippen molar-refractivity contribution in [3.8, 4) is 0 Å². The van der Waals surface area contributed by atoms with Crippen LogP contribution in [0.1, 0.15) is 23.1 Å². The minimum Gasteiger partial charge on any atom is -0.423 e. The van der Waals surface area contributed by atoms with Crippen LogP contribution in [0.2, 0.25) is 0 Å². The van der Waals surface area contributed by atoms with E-state index in [9.17, 15) is 14.4 Å². The molecule has 1 aliphatic heterocycles. The molecule has 1 saturated heterocycles. The van der Waals surface area contributed by atoms with Crippen LogP contribution < -0.4 is 10.9 Å². The van der Waals surface area contributed by atoms with Crippen molar-refractivity contribution in [1.29, 1.82) is 0 Å². The highest BCUT2D eigenvalue weighted by molar-refractivity contribution is 5.88. The Labute approximate surface area is 168 Å². The van der Waals surface area contributed by atoms with Crippen molar-refractivity contribution < 1.29 is 14.0 Å². The summed E-state index contributed by atoms with van der Waals surface area (Å²) in [7, 11) is 0. The highest BCUT2D eigenvalue weighted by Gasteiger charge is 2.30. The van der Waals surface area contributed by atoms with E-state index in [0.717, 1.165) is 16.5 Å². The third-order valence-corrected chi connectivity index (χ3v) is 5.13. The molecule has 2 heterocycles. The van der Waals surface area contributed by atoms with E-state index in [2.05, 4.69) is 5.32 Å². The van der Waals surface area contributed by atoms with Crippen molar-refractivity contribution in [2.45, 2.75) is 32.4 Å². The maximum absolute atomic E-state index is 12.6. The molecule has 2 aromatic carbocycles. The number of fused-ring (bicyclic) bond motifs is 1. The van der Waals surface area contributed by atoms with E-state index in [1.807, 2.05) is 49.4 Å². The first-order chi connectivity index (χ1) is 14.0. The molecule has 1 N–H and O–H groups in total. The molecule has 0 spiro atoms. The van der Waals surface area contributed by atoms with Crippen LogP contribution in [0.25, 0.3) is 11.0 Å². The molecule has 2 amide bonds. The van der Waals surface area contributed by atoms with Crippen LogP contribution in [0, 0.1) is 6.92 Å². The number of nitrogens with zero attached hydrogens (tertiary/aromatic N) is 1. The van der Waals surface area contributed by atoms with Crippen molar-refractivity contribution in [3.05, 3.63) is 81.7 Å². The highest BCUT2D eigenvalue weighted by atomic mass is 16.4. The molecule has 1 aliphatic rings. The van der Waals surface area contributed by atoms with E-state index in [-0.39, 0.29) is 30.7 Å². The first-order valence-electron chi connectivity index (χ1n) is 9.62. The maximum atomic E-state index is 12.6. The van der Waals surface area contributed by atoms with Gasteiger partial charge >= 0.3 is 5.63 Å². The van der Waals surface area contributed by atoms with Crippen molar-refractivity contribution >= 4 is 22.8 Å². The lowest BCUT2D eigenvalue weighted by molar-refractivity contribution is -0.128. The van der Waals surface area contributed by atoms with E-state index in [4.69, 9.17) is 4.42 Å². The summed E-state index contributed by atoms with van der Waals surface area (Å²) in [5.74, 6) is -0.183. The molecule has 148 valence electrons. The van der Waals surface area contributed by atoms with Gasteiger partial charge in [-0.05, 0) is 29.7 Å². The number of hydrogen-bond acceptors (Lipinski definition) is 4. The Kier molecular flexibility index (Phi) is 5.16. The molecule has 6 heteroatoms. The summed E-state index contributed by atoms with van der Waals surface area (Å²) in [6.45, 7) is 2.93. The molecule has 0 bridgehead atoms. The highest BCUT2D eigenvalue weighted by Crippen LogP contribution is 2.20. The molecular formula is C23H22N2O4. The van der Waals surface area contributed by atoms with Gasteiger partial charge in [-0.3, -0.25) is 9.59 Å². The predicted molar refractivity (Wildman–Crippen MR) is 109 cm³/mol. The number of nitrogens with one attached hydrogen (secondary N) is 1. The van der Waals surface area contributed by atoms with Crippen LogP contribution in [0.15, 0.2) is 63.8 Å². The lowest BCUT2D eigenvalue weighted by Gasteiger charge is -2.17. The number of aryl methyl sites for hydroxylation is 1. The lowest BCUT2D eigenvalue weighted by Crippen LogP contribution is -2.38. The molecule has 29 heavy (non-hydrogen) atoms. The quantitative estimate of drug-likeness (QED) is 0.679. The van der Waals surface area contributed by atoms with E-state index >= 15 is 0 Å². The van der Waals surface area contributed by atoms with E-state index in [0.29, 0.717) is 24.2 Å². The fourth-order valence-corrected chi connectivity index (χ4v) is 3.76. The molecule has 6 nitrogen and oxygen atoms in total. The average Bonchev–Trinajstić information content (AvgIpc) is 3.00. The predicted octanol–water partition coefficient (Wildman–Crippen LogP) is 2.56. The Bertz CT molecular complexity index is 1120. The fourth-order valence-electron chi connectivity index (χ4n) is 3.76. The Morgan fingerprint density at radius 2 is 1.93 bits per heavy atom. The van der Waals surface area contributed by atoms with Gasteiger partial charge in [-0.1, -0.05) is 42.5 Å². The summed E-state index contributed by atoms with van der Waals surface area (Å²) in [6.07, 6.45) is 0.351. The van der Waals surface area contributed by atoms with E-state index in [1.54, 1.807) is 11.0 Å². The summed E-state index contributed by atoms with van der Waals surface area (Å²) >= 11 is 0. The van der Waals surface area contributed by atoms with Crippen molar-refractivity contribution in [2.75, 3.05) is 6.54 Å². The monoisotopic (exact) mass is 390 g/mol. The van der Waals surface area contributed by atoms with Crippen LogP contribution in [0.4, 0.5) is 0 Å². The summed E-state index contributed by atoms with van der Waals surface area (Å²) in [5.41, 5.74) is 2.66. The molecule has 0 saturated carbocycles. The van der Waals surface area contributed by atoms with Gasteiger partial charge in [-0.25, -0.2) is 4.79 Å². The van der Waals surface area contributed by atoms with Crippen molar-refractivity contribution in [1.82, 2.24) is 10.2 Å². The number of benzene rings is 2. The second-order valence-electron chi connectivity index (χ2n) is 7.50. The second-order valence-corrected chi connectivity index (χ2v) is 7.50. The Hall–Kier alpha value is -3.41. The molecule has 3 aromatic rings. The summed E-state index contributed by atoms with van der Waals surface area (Å²) in [4.78, 5) is 38.5. The molecule has 0 radical (unpaired) electrons. The molecular weight excluding hydrogens is 368 g/mol. The summed E-state index contributed by atoms with van der Waals surface area (Å²) < 4.78 is 5.24. The van der Waals surface area contributed by atoms with Gasteiger partial charge < -0.3 is 14.6 Å². The number of carbonyl (C=O) groups excluding carboxylic acids is 2. The summed E-state index contributed by atoms with van der Waals surface area (Å²) in [5, 5.41) is 3.68. The van der Waals surface area contributed by atoms with Crippen LogP contribution in [-0.4, -0.2) is 29.3 Å². The molecule has 1 aromatic heterocycles. The van der Waals surface area contributed by atoms with Gasteiger partial charge in [0.05, 0.1) is 12.5 Å². The van der Waals surface area contributed by atoms with Crippen LogP contribution in [-0.2, 0) is 22.6 Å². The third-order valence-electron chi connectivity index (χ3n) is 5.13. The molecule has 4 rings (SSSR count). The van der Waals surface area contributed by atoms with Gasteiger partial charge in [-0.15, -0.1) is 0 Å². The SMILES string of the molecule is Cc1ccc2c(CC(=O)NC3CC(=O)N(Cc4ccccc4)C3)cc(=O)oc2c1. The van der Waals surface area contributed by atoms with Crippen LogP contribution in [0.3, 0.4) is 0 Å². The fraction of sp³-hybridized carbons (Fsp3) is 0.261. The zero-order valence-corrected chi connectivity index (χ0v) is 16.2. The second kappa shape index (κ2) is 7.91. The Balaban J connectivity index is 1.42. The average molecular weight is 390 g/mol. The van der Waals surface area contributed by atoms with Gasteiger partial charge in [-0.2, -0.15) is 0 Å². The number of rotatable bonds is 5. The standard InChI is InChI=1S/C23H22N2O4/c1-15-7-8-19-17(11-23(28)29-20(19)9-15)10-21(26)24-18-12-22(27)25(14-18)13-16-5-3-2-4-6-16/h2-9,11,18H,10,12-14H2,1H3,(H,24,26). The molecule has 0 aliphatic carbocycles. The third kappa shape index (κ3) is 4.37. The molecule has 1 atom stereocenters. The first-order valence-corrected chi connectivity index (χ1v) is 9.62. The molecule has 1 unspecified atom stereocenters. The number of hydrogen-bond donors (Lipinski definition) is 1. The normalized spacial score (nSPS) is 16.4. The van der Waals surface area contributed by atoms with E-state index in [1.165, 1.54) is 6.07 Å². The number of carbonyl (C=O) groups is 2. The van der Waals surface area contributed by atoms with Gasteiger partial charge in [0.1, 0.15) is 5.58 Å². The van der Waals surface area contributed by atoms with Crippen LogP contribution in [0.5, 0.6) is 0 Å². The van der Waals surface area contributed by atoms with Crippen molar-refractivity contribution in [2.24, 2.45) is 0 Å². The van der Waals surface area contributed by atoms with Gasteiger partial charge in [0.15, 0.2) is 0 Å². The minimum absolute atomic E-state index is 0.0282. The molecule has 1 fully saturated rings. The van der Waals surface area contributed by atoms with Crippen molar-refractivity contribution in [3.63, 3.8) is 0 Å².